The van der Waals surface area contributed by atoms with Crippen LogP contribution in [0.3, 0.4) is 0 Å². The highest BCUT2D eigenvalue weighted by atomic mass is 79.9. The van der Waals surface area contributed by atoms with Crippen LogP contribution in [0.15, 0.2) is 36.9 Å². The van der Waals surface area contributed by atoms with Crippen LogP contribution in [0.4, 0.5) is 5.69 Å². The van der Waals surface area contributed by atoms with Crippen LogP contribution < -0.4 is 10.5 Å². The van der Waals surface area contributed by atoms with Gasteiger partial charge in [-0.3, -0.25) is 0 Å². The number of aromatic nitrogens is 2. The largest absolute Gasteiger partial charge is 0.398 e. The van der Waals surface area contributed by atoms with Gasteiger partial charge < -0.3 is 10.3 Å². The van der Waals surface area contributed by atoms with Gasteiger partial charge in [0.25, 0.3) is 0 Å². The molecule has 1 heterocycles. The molecule has 0 saturated heterocycles. The van der Waals surface area contributed by atoms with Crippen molar-refractivity contribution in [2.24, 2.45) is 0 Å². The molecule has 7 nitrogen and oxygen atoms in total. The summed E-state index contributed by atoms with van der Waals surface area (Å²) in [7, 11) is -3.72. The Balaban J connectivity index is 2.14. The molecular formula is C10H10Br2N4O3S. The lowest BCUT2D eigenvalue weighted by molar-refractivity contribution is 0.410. The molecule has 0 radical (unpaired) electrons. The van der Waals surface area contributed by atoms with Crippen molar-refractivity contribution in [2.75, 3.05) is 12.3 Å². The Morgan fingerprint density at radius 1 is 1.35 bits per heavy atom. The first-order valence-electron chi connectivity index (χ1n) is 5.39. The van der Waals surface area contributed by atoms with Crippen LogP contribution in [-0.2, 0) is 16.4 Å². The molecule has 0 spiro atoms. The zero-order valence-electron chi connectivity index (χ0n) is 10.0. The lowest BCUT2D eigenvalue weighted by Crippen LogP contribution is -2.27. The van der Waals surface area contributed by atoms with E-state index in [9.17, 15) is 8.42 Å². The van der Waals surface area contributed by atoms with Crippen molar-refractivity contribution in [3.05, 3.63) is 33.3 Å². The summed E-state index contributed by atoms with van der Waals surface area (Å²) in [5.41, 5.74) is 5.91. The second-order valence-corrected chi connectivity index (χ2v) is 7.27. The van der Waals surface area contributed by atoms with Gasteiger partial charge in [0, 0.05) is 21.9 Å². The zero-order valence-corrected chi connectivity index (χ0v) is 14.0. The van der Waals surface area contributed by atoms with E-state index in [1.54, 1.807) is 6.07 Å². The first kappa shape index (κ1) is 15.4. The van der Waals surface area contributed by atoms with Gasteiger partial charge in [-0.1, -0.05) is 21.1 Å². The number of nitrogens with two attached hydrogens (primary N) is 1. The van der Waals surface area contributed by atoms with E-state index in [4.69, 9.17) is 5.73 Å². The molecule has 0 aliphatic heterocycles. The van der Waals surface area contributed by atoms with Gasteiger partial charge in [-0.2, -0.15) is 4.98 Å². The summed E-state index contributed by atoms with van der Waals surface area (Å²) in [5, 5.41) is 3.59. The standard InChI is InChI=1S/C10H10Br2N4O3S/c11-6-3-7(12)10(8(13)4-6)20(17,18)15-2-1-9-14-5-19-16-9/h3-5,15H,1-2,13H2. The maximum Gasteiger partial charge on any atom is 0.243 e. The number of rotatable bonds is 5. The van der Waals surface area contributed by atoms with Gasteiger partial charge in [-0.15, -0.1) is 0 Å². The summed E-state index contributed by atoms with van der Waals surface area (Å²) >= 11 is 6.44. The number of halogens is 2. The van der Waals surface area contributed by atoms with E-state index < -0.39 is 10.0 Å². The third kappa shape index (κ3) is 3.57. The molecule has 0 atom stereocenters. The quantitative estimate of drug-likeness (QED) is 0.705. The van der Waals surface area contributed by atoms with Crippen molar-refractivity contribution in [1.82, 2.24) is 14.9 Å². The minimum atomic E-state index is -3.72. The molecule has 0 bridgehead atoms. The number of nitrogens with zero attached hydrogens (tertiary/aromatic N) is 2. The first-order valence-corrected chi connectivity index (χ1v) is 8.46. The van der Waals surface area contributed by atoms with E-state index in [2.05, 4.69) is 51.2 Å². The fourth-order valence-corrected chi connectivity index (χ4v) is 4.63. The minimum absolute atomic E-state index is 0.00816. The highest BCUT2D eigenvalue weighted by Crippen LogP contribution is 2.31. The smallest absolute Gasteiger partial charge is 0.243 e. The molecule has 10 heteroatoms. The maximum absolute atomic E-state index is 12.2. The van der Waals surface area contributed by atoms with Crippen molar-refractivity contribution >= 4 is 47.6 Å². The summed E-state index contributed by atoms with van der Waals surface area (Å²) < 4.78 is 32.5. The molecular weight excluding hydrogens is 416 g/mol. The molecule has 0 fully saturated rings. The van der Waals surface area contributed by atoms with Crippen LogP contribution >= 0.6 is 31.9 Å². The Kier molecular flexibility index (Phi) is 4.78. The summed E-state index contributed by atoms with van der Waals surface area (Å²) in [5.74, 6) is 0.426. The lowest BCUT2D eigenvalue weighted by atomic mass is 10.3. The average Bonchev–Trinajstić information content (AvgIpc) is 2.79. The fourth-order valence-electron chi connectivity index (χ4n) is 1.54. The van der Waals surface area contributed by atoms with Crippen LogP contribution in [0.25, 0.3) is 0 Å². The van der Waals surface area contributed by atoms with Gasteiger partial charge in [-0.25, -0.2) is 13.1 Å². The Labute approximate surface area is 132 Å². The monoisotopic (exact) mass is 424 g/mol. The number of hydrogen-bond acceptors (Lipinski definition) is 6. The molecule has 0 aliphatic carbocycles. The SMILES string of the molecule is Nc1cc(Br)cc(Br)c1S(=O)(=O)NCCc1ncon1. The summed E-state index contributed by atoms with van der Waals surface area (Å²) in [6.45, 7) is 0.143. The van der Waals surface area contributed by atoms with Crippen molar-refractivity contribution in [2.45, 2.75) is 11.3 Å². The van der Waals surface area contributed by atoms with E-state index in [1.807, 2.05) is 0 Å². The van der Waals surface area contributed by atoms with Crippen LogP contribution in [0.5, 0.6) is 0 Å². The second-order valence-electron chi connectivity index (χ2n) is 3.80. The highest BCUT2D eigenvalue weighted by molar-refractivity contribution is 9.11. The third-order valence-corrected chi connectivity index (χ3v) is 5.28. The molecule has 108 valence electrons. The van der Waals surface area contributed by atoms with E-state index in [0.717, 1.165) is 0 Å². The van der Waals surface area contributed by atoms with E-state index in [0.29, 0.717) is 21.2 Å². The predicted octanol–water partition coefficient (Wildman–Crippen LogP) is 1.70. The van der Waals surface area contributed by atoms with Crippen molar-refractivity contribution in [1.29, 1.82) is 0 Å². The van der Waals surface area contributed by atoms with E-state index >= 15 is 0 Å². The maximum atomic E-state index is 12.2. The Morgan fingerprint density at radius 3 is 2.70 bits per heavy atom. The number of benzene rings is 1. The topological polar surface area (TPSA) is 111 Å². The Hall–Kier alpha value is -0.970. The van der Waals surface area contributed by atoms with E-state index in [1.165, 1.54) is 12.5 Å². The van der Waals surface area contributed by atoms with Gasteiger partial charge >= 0.3 is 0 Å². The number of nitrogen functional groups attached to an aromatic ring is 1. The van der Waals surface area contributed by atoms with E-state index in [-0.39, 0.29) is 17.1 Å². The number of hydrogen-bond donors (Lipinski definition) is 2. The van der Waals surface area contributed by atoms with Crippen molar-refractivity contribution in [3.63, 3.8) is 0 Å². The molecule has 0 aliphatic rings. The lowest BCUT2D eigenvalue weighted by Gasteiger charge is -2.11. The van der Waals surface area contributed by atoms with Gasteiger partial charge in [0.15, 0.2) is 5.82 Å². The van der Waals surface area contributed by atoms with Crippen molar-refractivity contribution in [3.8, 4) is 0 Å². The molecule has 3 N–H and O–H groups in total. The molecule has 2 aromatic rings. The average molecular weight is 426 g/mol. The van der Waals surface area contributed by atoms with Crippen LogP contribution in [0, 0.1) is 0 Å². The molecule has 0 unspecified atom stereocenters. The summed E-state index contributed by atoms with van der Waals surface area (Å²) in [6, 6.07) is 3.14. The van der Waals surface area contributed by atoms with Gasteiger partial charge in [0.05, 0.1) is 5.69 Å². The number of sulfonamides is 1. The normalized spacial score (nSPS) is 11.7. The molecule has 1 aromatic heterocycles. The zero-order chi connectivity index (χ0) is 14.8. The summed E-state index contributed by atoms with van der Waals surface area (Å²) in [6.07, 6.45) is 1.51. The Morgan fingerprint density at radius 2 is 2.10 bits per heavy atom. The summed E-state index contributed by atoms with van der Waals surface area (Å²) in [4.78, 5) is 3.81. The molecule has 20 heavy (non-hydrogen) atoms. The molecule has 0 amide bonds. The fraction of sp³-hybridized carbons (Fsp3) is 0.200. The third-order valence-electron chi connectivity index (χ3n) is 2.35. The van der Waals surface area contributed by atoms with Crippen LogP contribution in [0.2, 0.25) is 0 Å². The van der Waals surface area contributed by atoms with Gasteiger partial charge in [0.2, 0.25) is 16.4 Å². The van der Waals surface area contributed by atoms with Gasteiger partial charge in [0.1, 0.15) is 4.90 Å². The molecule has 1 aromatic carbocycles. The number of nitrogens with one attached hydrogen (secondary N) is 1. The predicted molar refractivity (Wildman–Crippen MR) is 79.4 cm³/mol. The Bertz CT molecular complexity index is 680. The molecule has 2 rings (SSSR count). The minimum Gasteiger partial charge on any atom is -0.398 e. The van der Waals surface area contributed by atoms with Crippen LogP contribution in [0.1, 0.15) is 5.82 Å². The van der Waals surface area contributed by atoms with Crippen molar-refractivity contribution < 1.29 is 12.9 Å². The molecule has 0 saturated carbocycles. The second kappa shape index (κ2) is 6.20. The number of anilines is 1. The first-order chi connectivity index (χ1) is 9.40. The van der Waals surface area contributed by atoms with Gasteiger partial charge in [-0.05, 0) is 28.1 Å². The van der Waals surface area contributed by atoms with Crippen LogP contribution in [-0.4, -0.2) is 25.1 Å². The highest BCUT2D eigenvalue weighted by Gasteiger charge is 2.21.